The molecule has 1 unspecified atom stereocenters. The van der Waals surface area contributed by atoms with Gasteiger partial charge in [-0.25, -0.2) is 0 Å². The largest absolute Gasteiger partial charge is 0.381 e. The predicted octanol–water partition coefficient (Wildman–Crippen LogP) is 4.28. The molecule has 1 atom stereocenters. The second-order valence-electron chi connectivity index (χ2n) is 5.40. The number of hydrogen-bond acceptors (Lipinski definition) is 2. The number of unbranched alkanes of at least 4 members (excludes halogenated alkanes) is 1. The highest BCUT2D eigenvalue weighted by Gasteiger charge is 2.15. The quantitative estimate of drug-likeness (QED) is 0.806. The third-order valence-electron chi connectivity index (χ3n) is 3.74. The highest BCUT2D eigenvalue weighted by molar-refractivity contribution is 5.70. The van der Waals surface area contributed by atoms with E-state index < -0.39 is 0 Å². The summed E-state index contributed by atoms with van der Waals surface area (Å²) in [5, 5.41) is 3.68. The van der Waals surface area contributed by atoms with Crippen molar-refractivity contribution in [1.29, 1.82) is 0 Å². The van der Waals surface area contributed by atoms with Crippen LogP contribution in [0.25, 0.3) is 0 Å². The van der Waals surface area contributed by atoms with Crippen molar-refractivity contribution in [3.05, 3.63) is 24.3 Å². The van der Waals surface area contributed by atoms with Gasteiger partial charge in [0, 0.05) is 19.1 Å². The van der Waals surface area contributed by atoms with Crippen molar-refractivity contribution < 1.29 is 0 Å². The SMILES string of the molecule is CCCCC(C)Nc1ccccc1N1CCCC1. The van der Waals surface area contributed by atoms with Crippen molar-refractivity contribution in [2.45, 2.75) is 52.0 Å². The Kier molecular flexibility index (Phi) is 4.91. The maximum absolute atomic E-state index is 3.68. The van der Waals surface area contributed by atoms with Crippen LogP contribution in [-0.2, 0) is 0 Å². The van der Waals surface area contributed by atoms with Crippen LogP contribution in [0.15, 0.2) is 24.3 Å². The number of nitrogens with one attached hydrogen (secondary N) is 1. The van der Waals surface area contributed by atoms with Gasteiger partial charge in [-0.3, -0.25) is 0 Å². The summed E-state index contributed by atoms with van der Waals surface area (Å²) in [5.74, 6) is 0. The third kappa shape index (κ3) is 3.41. The second-order valence-corrected chi connectivity index (χ2v) is 5.40. The Morgan fingerprint density at radius 2 is 1.94 bits per heavy atom. The minimum absolute atomic E-state index is 0.564. The fraction of sp³-hybridized carbons (Fsp3) is 0.625. The van der Waals surface area contributed by atoms with Crippen molar-refractivity contribution in [2.75, 3.05) is 23.3 Å². The van der Waals surface area contributed by atoms with E-state index in [0.29, 0.717) is 6.04 Å². The number of benzene rings is 1. The van der Waals surface area contributed by atoms with Crippen LogP contribution >= 0.6 is 0 Å². The maximum atomic E-state index is 3.68. The minimum atomic E-state index is 0.564. The zero-order valence-corrected chi connectivity index (χ0v) is 11.8. The van der Waals surface area contributed by atoms with Crippen molar-refractivity contribution in [1.82, 2.24) is 0 Å². The number of rotatable bonds is 6. The summed E-state index contributed by atoms with van der Waals surface area (Å²) >= 11 is 0. The molecule has 0 saturated carbocycles. The number of para-hydroxylation sites is 2. The normalized spacial score (nSPS) is 16.9. The fourth-order valence-corrected chi connectivity index (χ4v) is 2.68. The van der Waals surface area contributed by atoms with E-state index in [0.717, 1.165) is 0 Å². The summed E-state index contributed by atoms with van der Waals surface area (Å²) in [6.45, 7) is 6.96. The Labute approximate surface area is 111 Å². The van der Waals surface area contributed by atoms with E-state index in [-0.39, 0.29) is 0 Å². The zero-order valence-electron chi connectivity index (χ0n) is 11.8. The molecular weight excluding hydrogens is 220 g/mol. The van der Waals surface area contributed by atoms with Gasteiger partial charge >= 0.3 is 0 Å². The van der Waals surface area contributed by atoms with Gasteiger partial charge in [-0.15, -0.1) is 0 Å². The highest BCUT2D eigenvalue weighted by atomic mass is 15.2. The first-order valence-electron chi connectivity index (χ1n) is 7.41. The van der Waals surface area contributed by atoms with E-state index in [4.69, 9.17) is 0 Å². The summed E-state index contributed by atoms with van der Waals surface area (Å²) in [4.78, 5) is 2.51. The lowest BCUT2D eigenvalue weighted by molar-refractivity contribution is 0.645. The van der Waals surface area contributed by atoms with Gasteiger partial charge in [-0.05, 0) is 38.3 Å². The van der Waals surface area contributed by atoms with Crippen LogP contribution < -0.4 is 10.2 Å². The van der Waals surface area contributed by atoms with E-state index in [1.165, 1.54) is 56.6 Å². The molecule has 1 aromatic carbocycles. The van der Waals surface area contributed by atoms with Crippen LogP contribution in [0.1, 0.15) is 46.0 Å². The third-order valence-corrected chi connectivity index (χ3v) is 3.74. The lowest BCUT2D eigenvalue weighted by Crippen LogP contribution is -2.22. The van der Waals surface area contributed by atoms with Crippen molar-refractivity contribution >= 4 is 11.4 Å². The summed E-state index contributed by atoms with van der Waals surface area (Å²) in [5.41, 5.74) is 2.70. The Balaban J connectivity index is 2.02. The Morgan fingerprint density at radius 1 is 1.22 bits per heavy atom. The molecule has 1 N–H and O–H groups in total. The Morgan fingerprint density at radius 3 is 2.67 bits per heavy atom. The Hall–Kier alpha value is -1.18. The monoisotopic (exact) mass is 246 g/mol. The van der Waals surface area contributed by atoms with E-state index >= 15 is 0 Å². The average Bonchev–Trinajstić information content (AvgIpc) is 2.91. The van der Waals surface area contributed by atoms with Gasteiger partial charge in [0.25, 0.3) is 0 Å². The summed E-state index contributed by atoms with van der Waals surface area (Å²) < 4.78 is 0. The molecule has 0 aromatic heterocycles. The first-order chi connectivity index (χ1) is 8.81. The lowest BCUT2D eigenvalue weighted by Gasteiger charge is -2.24. The molecule has 2 rings (SSSR count). The molecule has 1 aliphatic rings. The molecule has 1 aliphatic heterocycles. The van der Waals surface area contributed by atoms with Gasteiger partial charge in [0.15, 0.2) is 0 Å². The molecule has 2 heteroatoms. The summed E-state index contributed by atoms with van der Waals surface area (Å²) in [6, 6.07) is 9.31. The summed E-state index contributed by atoms with van der Waals surface area (Å²) in [7, 11) is 0. The van der Waals surface area contributed by atoms with E-state index in [1.807, 2.05) is 0 Å². The molecule has 1 aromatic rings. The van der Waals surface area contributed by atoms with Crippen molar-refractivity contribution in [3.8, 4) is 0 Å². The van der Waals surface area contributed by atoms with E-state index in [9.17, 15) is 0 Å². The van der Waals surface area contributed by atoms with Crippen LogP contribution in [0.3, 0.4) is 0 Å². The molecule has 100 valence electrons. The molecule has 1 saturated heterocycles. The smallest absolute Gasteiger partial charge is 0.0602 e. The van der Waals surface area contributed by atoms with Crippen LogP contribution in [-0.4, -0.2) is 19.1 Å². The van der Waals surface area contributed by atoms with E-state index in [2.05, 4.69) is 48.3 Å². The second kappa shape index (κ2) is 6.67. The fourth-order valence-electron chi connectivity index (χ4n) is 2.68. The molecule has 0 spiro atoms. The van der Waals surface area contributed by atoms with Gasteiger partial charge in [0.2, 0.25) is 0 Å². The first kappa shape index (κ1) is 13.3. The van der Waals surface area contributed by atoms with Crippen LogP contribution in [0.2, 0.25) is 0 Å². The molecule has 0 bridgehead atoms. The van der Waals surface area contributed by atoms with Gasteiger partial charge in [-0.1, -0.05) is 31.9 Å². The van der Waals surface area contributed by atoms with Gasteiger partial charge < -0.3 is 10.2 Å². The molecular formula is C16H26N2. The molecule has 18 heavy (non-hydrogen) atoms. The predicted molar refractivity (Wildman–Crippen MR) is 80.5 cm³/mol. The first-order valence-corrected chi connectivity index (χ1v) is 7.41. The average molecular weight is 246 g/mol. The van der Waals surface area contributed by atoms with Gasteiger partial charge in [-0.2, -0.15) is 0 Å². The van der Waals surface area contributed by atoms with Crippen LogP contribution in [0.5, 0.6) is 0 Å². The molecule has 0 aliphatic carbocycles. The number of anilines is 2. The molecule has 1 heterocycles. The number of hydrogen-bond donors (Lipinski definition) is 1. The maximum Gasteiger partial charge on any atom is 0.0602 e. The van der Waals surface area contributed by atoms with E-state index in [1.54, 1.807) is 0 Å². The van der Waals surface area contributed by atoms with Gasteiger partial charge in [0.05, 0.1) is 11.4 Å². The minimum Gasteiger partial charge on any atom is -0.381 e. The van der Waals surface area contributed by atoms with Crippen molar-refractivity contribution in [2.24, 2.45) is 0 Å². The highest BCUT2D eigenvalue weighted by Crippen LogP contribution is 2.29. The topological polar surface area (TPSA) is 15.3 Å². The summed E-state index contributed by atoms with van der Waals surface area (Å²) in [6.07, 6.45) is 6.50. The molecule has 0 amide bonds. The van der Waals surface area contributed by atoms with Crippen LogP contribution in [0.4, 0.5) is 11.4 Å². The van der Waals surface area contributed by atoms with Gasteiger partial charge in [0.1, 0.15) is 0 Å². The van der Waals surface area contributed by atoms with Crippen molar-refractivity contribution in [3.63, 3.8) is 0 Å². The molecule has 1 fully saturated rings. The zero-order chi connectivity index (χ0) is 12.8. The molecule has 0 radical (unpaired) electrons. The Bertz CT molecular complexity index is 356. The lowest BCUT2D eigenvalue weighted by atomic mass is 10.1. The molecule has 2 nitrogen and oxygen atoms in total. The standard InChI is InChI=1S/C16H26N2/c1-3-4-9-14(2)17-15-10-5-6-11-16(15)18-12-7-8-13-18/h5-6,10-11,14,17H,3-4,7-9,12-13H2,1-2H3. The number of nitrogens with zero attached hydrogens (tertiary/aromatic N) is 1. The van der Waals surface area contributed by atoms with Crippen LogP contribution in [0, 0.1) is 0 Å².